The highest BCUT2D eigenvalue weighted by Crippen LogP contribution is 2.25. The Morgan fingerprint density at radius 1 is 1.10 bits per heavy atom. The van der Waals surface area contributed by atoms with E-state index in [9.17, 15) is 0 Å². The summed E-state index contributed by atoms with van der Waals surface area (Å²) in [6, 6.07) is 0. The molecule has 0 bridgehead atoms. The monoisotopic (exact) mass is 188 g/mol. The molecule has 4 N–H and O–H groups in total. The first-order chi connectivity index (χ1) is 4.00. The van der Waals surface area contributed by atoms with Gasteiger partial charge in [-0.15, -0.1) is 0 Å². The summed E-state index contributed by atoms with van der Waals surface area (Å²) in [5, 5.41) is 0. The SMILES string of the molecule is C[Si](C)(C)O.O=P(O)(O)O. The Hall–Kier alpha value is 0.287. The maximum atomic E-state index is 8.88. The van der Waals surface area contributed by atoms with Gasteiger partial charge in [-0.3, -0.25) is 0 Å². The first kappa shape index (κ1) is 12.9. The molecular weight excluding hydrogens is 175 g/mol. The van der Waals surface area contributed by atoms with Crippen molar-refractivity contribution in [3.8, 4) is 0 Å². The molecule has 0 aromatic carbocycles. The Balaban J connectivity index is 0. The fraction of sp³-hybridized carbons (Fsp3) is 1.00. The molecule has 0 aromatic heterocycles. The van der Waals surface area contributed by atoms with Crippen LogP contribution in [-0.2, 0) is 4.57 Å². The fourth-order valence-electron chi connectivity index (χ4n) is 0. The maximum Gasteiger partial charge on any atom is 0.466 e. The van der Waals surface area contributed by atoms with Crippen LogP contribution in [-0.4, -0.2) is 27.8 Å². The zero-order valence-corrected chi connectivity index (χ0v) is 8.04. The Morgan fingerprint density at radius 2 is 1.10 bits per heavy atom. The summed E-state index contributed by atoms with van der Waals surface area (Å²) in [7, 11) is -6.25. The summed E-state index contributed by atoms with van der Waals surface area (Å²) in [6.45, 7) is 5.65. The average molecular weight is 188 g/mol. The van der Waals surface area contributed by atoms with E-state index in [1.165, 1.54) is 0 Å². The quantitative estimate of drug-likeness (QED) is 0.314. The second kappa shape index (κ2) is 4.22. The molecule has 0 aliphatic rings. The van der Waals surface area contributed by atoms with Crippen LogP contribution >= 0.6 is 7.82 Å². The van der Waals surface area contributed by atoms with Gasteiger partial charge in [0.05, 0.1) is 0 Å². The van der Waals surface area contributed by atoms with E-state index < -0.39 is 16.1 Å². The van der Waals surface area contributed by atoms with Gasteiger partial charge < -0.3 is 19.5 Å². The van der Waals surface area contributed by atoms with E-state index >= 15 is 0 Å². The molecule has 5 nitrogen and oxygen atoms in total. The first-order valence-electron chi connectivity index (χ1n) is 2.51. The Bertz CT molecular complexity index is 109. The van der Waals surface area contributed by atoms with Crippen molar-refractivity contribution in [3.05, 3.63) is 0 Å². The van der Waals surface area contributed by atoms with Crippen molar-refractivity contribution >= 4 is 16.1 Å². The van der Waals surface area contributed by atoms with E-state index in [0.717, 1.165) is 0 Å². The molecule has 0 fully saturated rings. The van der Waals surface area contributed by atoms with Crippen molar-refractivity contribution in [2.24, 2.45) is 0 Å². The first-order valence-corrected chi connectivity index (χ1v) is 7.52. The van der Waals surface area contributed by atoms with E-state index in [-0.39, 0.29) is 0 Å². The van der Waals surface area contributed by atoms with Crippen LogP contribution in [0.4, 0.5) is 0 Å². The van der Waals surface area contributed by atoms with Gasteiger partial charge >= 0.3 is 7.82 Å². The zero-order chi connectivity index (χ0) is 9.00. The summed E-state index contributed by atoms with van der Waals surface area (Å²) in [6.07, 6.45) is 0. The summed E-state index contributed by atoms with van der Waals surface area (Å²) >= 11 is 0. The molecule has 0 aliphatic heterocycles. The van der Waals surface area contributed by atoms with E-state index in [1.54, 1.807) is 0 Å². The van der Waals surface area contributed by atoms with Crippen LogP contribution in [0.5, 0.6) is 0 Å². The molecule has 0 spiro atoms. The second-order valence-electron chi connectivity index (χ2n) is 2.68. The molecule has 0 aromatic rings. The smallest absolute Gasteiger partial charge is 0.433 e. The van der Waals surface area contributed by atoms with E-state index in [4.69, 9.17) is 24.0 Å². The van der Waals surface area contributed by atoms with Gasteiger partial charge in [0, 0.05) is 0 Å². The molecule has 0 heterocycles. The van der Waals surface area contributed by atoms with Crippen molar-refractivity contribution in [1.29, 1.82) is 0 Å². The minimum atomic E-state index is -4.64. The largest absolute Gasteiger partial charge is 0.466 e. The third kappa shape index (κ3) is 5350. The van der Waals surface area contributed by atoms with Crippen molar-refractivity contribution < 1.29 is 24.0 Å². The molecule has 0 radical (unpaired) electrons. The predicted molar refractivity (Wildman–Crippen MR) is 39.8 cm³/mol. The van der Waals surface area contributed by atoms with Gasteiger partial charge in [-0.1, -0.05) is 0 Å². The van der Waals surface area contributed by atoms with Gasteiger partial charge in [-0.05, 0) is 19.6 Å². The summed E-state index contributed by atoms with van der Waals surface area (Å²) in [5.74, 6) is 0. The lowest BCUT2D eigenvalue weighted by Crippen LogP contribution is -2.17. The summed E-state index contributed by atoms with van der Waals surface area (Å²) in [4.78, 5) is 30.2. The van der Waals surface area contributed by atoms with Crippen LogP contribution in [0.25, 0.3) is 0 Å². The van der Waals surface area contributed by atoms with E-state index in [2.05, 4.69) is 0 Å². The lowest BCUT2D eigenvalue weighted by Gasteiger charge is -2.00. The molecular formula is C3H13O5PSi. The summed E-state index contributed by atoms with van der Waals surface area (Å²) < 4.78 is 8.88. The molecule has 0 aliphatic carbocycles. The van der Waals surface area contributed by atoms with E-state index in [1.807, 2.05) is 19.6 Å². The molecule has 0 unspecified atom stereocenters. The third-order valence-corrected chi connectivity index (χ3v) is 0. The van der Waals surface area contributed by atoms with Crippen LogP contribution in [0, 0.1) is 0 Å². The molecule has 0 rings (SSSR count). The van der Waals surface area contributed by atoms with Crippen LogP contribution in [0.1, 0.15) is 0 Å². The molecule has 10 heavy (non-hydrogen) atoms. The molecule has 0 amide bonds. The molecule has 0 saturated heterocycles. The minimum absolute atomic E-state index is 1.61. The van der Waals surface area contributed by atoms with Crippen molar-refractivity contribution in [1.82, 2.24) is 0 Å². The Kier molecular flexibility index (Phi) is 5.46. The van der Waals surface area contributed by atoms with Gasteiger partial charge in [0.2, 0.25) is 0 Å². The van der Waals surface area contributed by atoms with Crippen LogP contribution < -0.4 is 0 Å². The number of phosphoric acid groups is 1. The highest BCUT2D eigenvalue weighted by Gasteiger charge is 2.03. The fourth-order valence-corrected chi connectivity index (χ4v) is 0. The minimum Gasteiger partial charge on any atom is -0.433 e. The van der Waals surface area contributed by atoms with Gasteiger partial charge in [-0.2, -0.15) is 0 Å². The standard InChI is InChI=1S/C3H10OSi.H3O4P/c2*1-5(2,3)4/h4H,1-3H3;(H3,1,2,3,4). The van der Waals surface area contributed by atoms with Crippen LogP contribution in [0.15, 0.2) is 0 Å². The van der Waals surface area contributed by atoms with Crippen molar-refractivity contribution in [2.45, 2.75) is 19.6 Å². The molecule has 64 valence electrons. The predicted octanol–water partition coefficient (Wildman–Crippen LogP) is -0.115. The second-order valence-corrected chi connectivity index (χ2v) is 8.05. The van der Waals surface area contributed by atoms with Gasteiger partial charge in [0.25, 0.3) is 0 Å². The Labute approximate surface area is 60.7 Å². The number of hydrogen-bond donors (Lipinski definition) is 4. The highest BCUT2D eigenvalue weighted by atomic mass is 31.2. The lowest BCUT2D eigenvalue weighted by molar-refractivity contribution is 0.275. The van der Waals surface area contributed by atoms with Crippen LogP contribution in [0.2, 0.25) is 19.6 Å². The average Bonchev–Trinajstić information content (AvgIpc) is 1.12. The molecule has 7 heteroatoms. The van der Waals surface area contributed by atoms with E-state index in [0.29, 0.717) is 0 Å². The topological polar surface area (TPSA) is 98.0 Å². The Morgan fingerprint density at radius 3 is 1.10 bits per heavy atom. The number of hydrogen-bond acceptors (Lipinski definition) is 2. The molecule has 0 atom stereocenters. The van der Waals surface area contributed by atoms with Crippen LogP contribution in [0.3, 0.4) is 0 Å². The van der Waals surface area contributed by atoms with Gasteiger partial charge in [0.15, 0.2) is 8.32 Å². The molecule has 0 saturated carbocycles. The maximum absolute atomic E-state index is 8.88. The van der Waals surface area contributed by atoms with Crippen molar-refractivity contribution in [2.75, 3.05) is 0 Å². The van der Waals surface area contributed by atoms with Gasteiger partial charge in [0.1, 0.15) is 0 Å². The summed E-state index contributed by atoms with van der Waals surface area (Å²) in [5.41, 5.74) is 0. The third-order valence-electron chi connectivity index (χ3n) is 0. The van der Waals surface area contributed by atoms with Crippen molar-refractivity contribution in [3.63, 3.8) is 0 Å². The lowest BCUT2D eigenvalue weighted by atomic mass is 11.8. The van der Waals surface area contributed by atoms with Gasteiger partial charge in [-0.25, -0.2) is 4.57 Å². The number of rotatable bonds is 0. The zero-order valence-electron chi connectivity index (χ0n) is 6.14. The normalized spacial score (nSPS) is 11.9. The highest BCUT2D eigenvalue weighted by molar-refractivity contribution is 7.45.